The zero-order valence-electron chi connectivity index (χ0n) is 12.3. The van der Waals surface area contributed by atoms with Crippen LogP contribution in [0.2, 0.25) is 4.34 Å². The van der Waals surface area contributed by atoms with E-state index in [1.165, 1.54) is 17.4 Å². The first-order chi connectivity index (χ1) is 10.6. The number of benzene rings is 1. The van der Waals surface area contributed by atoms with E-state index in [0.29, 0.717) is 18.7 Å². The first-order valence-electron chi connectivity index (χ1n) is 7.37. The van der Waals surface area contributed by atoms with E-state index in [1.54, 1.807) is 12.1 Å². The van der Waals surface area contributed by atoms with Crippen molar-refractivity contribution in [1.29, 1.82) is 0 Å². The molecule has 1 aliphatic carbocycles. The van der Waals surface area contributed by atoms with Crippen molar-refractivity contribution in [1.82, 2.24) is 4.90 Å². The fraction of sp³-hybridized carbons (Fsp3) is 0.353. The first-order valence-corrected chi connectivity index (χ1v) is 8.57. The smallest absolute Gasteiger partial charge is 0.226 e. The van der Waals surface area contributed by atoms with Gasteiger partial charge in [0.25, 0.3) is 0 Å². The Labute approximate surface area is 138 Å². The van der Waals surface area contributed by atoms with Gasteiger partial charge in [-0.2, -0.15) is 0 Å². The maximum atomic E-state index is 13.8. The highest BCUT2D eigenvalue weighted by Gasteiger charge is 2.46. The monoisotopic (exact) mass is 337 g/mol. The van der Waals surface area contributed by atoms with Gasteiger partial charge < -0.3 is 4.90 Å². The van der Waals surface area contributed by atoms with Crippen LogP contribution in [-0.4, -0.2) is 17.4 Å². The summed E-state index contributed by atoms with van der Waals surface area (Å²) in [6.45, 7) is 3.19. The fourth-order valence-corrected chi connectivity index (χ4v) is 3.90. The average molecular weight is 338 g/mol. The Hall–Kier alpha value is -1.39. The van der Waals surface area contributed by atoms with Crippen LogP contribution in [0.4, 0.5) is 4.39 Å². The maximum absolute atomic E-state index is 13.8. The summed E-state index contributed by atoms with van der Waals surface area (Å²) >= 11 is 7.43. The van der Waals surface area contributed by atoms with Crippen molar-refractivity contribution >= 4 is 28.8 Å². The largest absolute Gasteiger partial charge is 0.338 e. The molecule has 116 valence electrons. The van der Waals surface area contributed by atoms with Gasteiger partial charge in [0.05, 0.1) is 10.9 Å². The van der Waals surface area contributed by atoms with Gasteiger partial charge in [-0.15, -0.1) is 11.3 Å². The van der Waals surface area contributed by atoms with Crippen molar-refractivity contribution in [3.8, 4) is 0 Å². The molecule has 0 bridgehead atoms. The second-order valence-corrected chi connectivity index (χ2v) is 7.33. The molecule has 2 atom stereocenters. The number of halogens is 2. The summed E-state index contributed by atoms with van der Waals surface area (Å²) in [6.07, 6.45) is 0.738. The Balaban J connectivity index is 1.67. The van der Waals surface area contributed by atoms with Crippen molar-refractivity contribution < 1.29 is 9.18 Å². The second-order valence-electron chi connectivity index (χ2n) is 5.53. The molecule has 1 aliphatic rings. The van der Waals surface area contributed by atoms with E-state index in [1.807, 2.05) is 30.0 Å². The highest BCUT2D eigenvalue weighted by atomic mass is 35.5. The summed E-state index contributed by atoms with van der Waals surface area (Å²) in [7, 11) is 0. The van der Waals surface area contributed by atoms with Gasteiger partial charge in [-0.05, 0) is 43.0 Å². The normalized spacial score (nSPS) is 20.0. The molecule has 0 aliphatic heterocycles. The summed E-state index contributed by atoms with van der Waals surface area (Å²) in [5.74, 6) is -0.168. The van der Waals surface area contributed by atoms with E-state index in [0.717, 1.165) is 15.6 Å². The minimum atomic E-state index is -0.212. The molecule has 1 aromatic carbocycles. The molecule has 5 heteroatoms. The van der Waals surface area contributed by atoms with Gasteiger partial charge in [0.1, 0.15) is 5.82 Å². The van der Waals surface area contributed by atoms with Crippen molar-refractivity contribution in [2.45, 2.75) is 25.8 Å². The van der Waals surface area contributed by atoms with Crippen LogP contribution in [-0.2, 0) is 11.3 Å². The maximum Gasteiger partial charge on any atom is 0.226 e. The zero-order valence-corrected chi connectivity index (χ0v) is 13.8. The Morgan fingerprint density at radius 2 is 2.14 bits per heavy atom. The van der Waals surface area contributed by atoms with Crippen LogP contribution < -0.4 is 0 Å². The number of hydrogen-bond donors (Lipinski definition) is 0. The van der Waals surface area contributed by atoms with Gasteiger partial charge in [-0.1, -0.05) is 29.8 Å². The number of carbonyl (C=O) groups is 1. The Kier molecular flexibility index (Phi) is 4.50. The van der Waals surface area contributed by atoms with E-state index in [-0.39, 0.29) is 23.6 Å². The van der Waals surface area contributed by atoms with Crippen LogP contribution in [0.25, 0.3) is 0 Å². The van der Waals surface area contributed by atoms with Gasteiger partial charge in [0.15, 0.2) is 0 Å². The minimum Gasteiger partial charge on any atom is -0.338 e. The van der Waals surface area contributed by atoms with Crippen molar-refractivity contribution in [3.05, 3.63) is 57.0 Å². The molecule has 2 aromatic rings. The van der Waals surface area contributed by atoms with Crippen molar-refractivity contribution in [2.24, 2.45) is 5.92 Å². The lowest BCUT2D eigenvalue weighted by Gasteiger charge is -2.20. The third kappa shape index (κ3) is 3.18. The summed E-state index contributed by atoms with van der Waals surface area (Å²) in [4.78, 5) is 15.5. The lowest BCUT2D eigenvalue weighted by Crippen LogP contribution is -2.31. The molecule has 2 nitrogen and oxygen atoms in total. The Morgan fingerprint density at radius 3 is 2.77 bits per heavy atom. The van der Waals surface area contributed by atoms with E-state index in [2.05, 4.69) is 0 Å². The Bertz CT molecular complexity index is 687. The molecule has 0 spiro atoms. The van der Waals surface area contributed by atoms with Crippen molar-refractivity contribution in [3.63, 3.8) is 0 Å². The minimum absolute atomic E-state index is 0.0228. The second kappa shape index (κ2) is 6.39. The number of amides is 1. The van der Waals surface area contributed by atoms with Crippen LogP contribution >= 0.6 is 22.9 Å². The molecule has 0 saturated heterocycles. The topological polar surface area (TPSA) is 20.3 Å². The predicted octanol–water partition coefficient (Wildman–Crippen LogP) is 4.69. The third-order valence-corrected chi connectivity index (χ3v) is 5.30. The fourth-order valence-electron chi connectivity index (χ4n) is 2.79. The highest BCUT2D eigenvalue weighted by Crippen LogP contribution is 2.49. The SMILES string of the molecule is CCN(Cc1ccc(Cl)s1)C(=O)C1CC1c1ccccc1F. The number of carbonyl (C=O) groups excluding carboxylic acids is 1. The van der Waals surface area contributed by atoms with Crippen LogP contribution in [0.5, 0.6) is 0 Å². The van der Waals surface area contributed by atoms with Crippen LogP contribution in [0.1, 0.15) is 29.7 Å². The molecule has 1 heterocycles. The van der Waals surface area contributed by atoms with Gasteiger partial charge in [0, 0.05) is 17.3 Å². The van der Waals surface area contributed by atoms with E-state index >= 15 is 0 Å². The van der Waals surface area contributed by atoms with E-state index in [9.17, 15) is 9.18 Å². The highest BCUT2D eigenvalue weighted by molar-refractivity contribution is 7.16. The summed E-state index contributed by atoms with van der Waals surface area (Å²) < 4.78 is 14.5. The standard InChI is InChI=1S/C17H17ClFNOS/c1-2-20(10-11-7-8-16(18)22-11)17(21)14-9-13(14)12-5-3-4-6-15(12)19/h3-8,13-14H,2,9-10H2,1H3. The van der Waals surface area contributed by atoms with Crippen LogP contribution in [0.3, 0.4) is 0 Å². The van der Waals surface area contributed by atoms with Gasteiger partial charge in [0.2, 0.25) is 5.91 Å². The number of rotatable bonds is 5. The molecule has 1 aromatic heterocycles. The summed E-state index contributed by atoms with van der Waals surface area (Å²) in [6, 6.07) is 10.5. The number of nitrogens with zero attached hydrogens (tertiary/aromatic N) is 1. The lowest BCUT2D eigenvalue weighted by atomic mass is 10.1. The van der Waals surface area contributed by atoms with E-state index in [4.69, 9.17) is 11.6 Å². The molecule has 2 unspecified atom stereocenters. The zero-order chi connectivity index (χ0) is 15.7. The molecule has 3 rings (SSSR count). The number of thiophene rings is 1. The summed E-state index contributed by atoms with van der Waals surface area (Å²) in [5, 5.41) is 0. The predicted molar refractivity (Wildman–Crippen MR) is 87.7 cm³/mol. The molecular weight excluding hydrogens is 321 g/mol. The van der Waals surface area contributed by atoms with Crippen LogP contribution in [0.15, 0.2) is 36.4 Å². The average Bonchev–Trinajstić information content (AvgIpc) is 3.20. The van der Waals surface area contributed by atoms with E-state index < -0.39 is 0 Å². The third-order valence-electron chi connectivity index (χ3n) is 4.08. The molecular formula is C17H17ClFNOS. The lowest BCUT2D eigenvalue weighted by molar-refractivity contribution is -0.133. The quantitative estimate of drug-likeness (QED) is 0.775. The van der Waals surface area contributed by atoms with Crippen molar-refractivity contribution in [2.75, 3.05) is 6.54 Å². The van der Waals surface area contributed by atoms with Crippen LogP contribution in [0, 0.1) is 11.7 Å². The van der Waals surface area contributed by atoms with Gasteiger partial charge in [-0.3, -0.25) is 4.79 Å². The molecule has 1 fully saturated rings. The van der Waals surface area contributed by atoms with Gasteiger partial charge in [-0.25, -0.2) is 4.39 Å². The van der Waals surface area contributed by atoms with Gasteiger partial charge >= 0.3 is 0 Å². The number of hydrogen-bond acceptors (Lipinski definition) is 2. The summed E-state index contributed by atoms with van der Waals surface area (Å²) in [5.41, 5.74) is 0.663. The molecule has 0 N–H and O–H groups in total. The molecule has 1 amide bonds. The molecule has 22 heavy (non-hydrogen) atoms. The molecule has 0 radical (unpaired) electrons. The first kappa shape index (κ1) is 15.5. The molecule has 1 saturated carbocycles. The Morgan fingerprint density at radius 1 is 1.36 bits per heavy atom.